The van der Waals surface area contributed by atoms with E-state index in [4.69, 9.17) is 4.74 Å². The number of carbonyl (C=O) groups is 2. The maximum absolute atomic E-state index is 11.8. The van der Waals surface area contributed by atoms with E-state index < -0.39 is 0 Å². The van der Waals surface area contributed by atoms with Crippen LogP contribution < -0.4 is 0 Å². The lowest BCUT2D eigenvalue weighted by Gasteiger charge is -2.24. The Labute approximate surface area is 108 Å². The molecule has 1 atom stereocenters. The van der Waals surface area contributed by atoms with E-state index in [1.807, 2.05) is 6.92 Å². The predicted molar refractivity (Wildman–Crippen MR) is 71.1 cm³/mol. The third-order valence-electron chi connectivity index (χ3n) is 2.64. The van der Waals surface area contributed by atoms with E-state index in [0.29, 0.717) is 6.61 Å². The molecule has 5 heteroatoms. The summed E-state index contributed by atoms with van der Waals surface area (Å²) in [5.41, 5.74) is 0. The lowest BCUT2D eigenvalue weighted by atomic mass is 10.2. The van der Waals surface area contributed by atoms with Gasteiger partial charge in [-0.05, 0) is 32.3 Å². The standard InChI is InChI=1S/C12H23NO3S/c1-5-16-12(15)7-6-11(14)13(3)10(2)8-9-17-4/h10H,5-9H2,1-4H3. The van der Waals surface area contributed by atoms with Gasteiger partial charge in [-0.25, -0.2) is 0 Å². The van der Waals surface area contributed by atoms with E-state index in [1.54, 1.807) is 30.6 Å². The van der Waals surface area contributed by atoms with Crippen LogP contribution in [0.25, 0.3) is 0 Å². The molecule has 0 N–H and O–H groups in total. The van der Waals surface area contributed by atoms with Gasteiger partial charge in [0.25, 0.3) is 0 Å². The summed E-state index contributed by atoms with van der Waals surface area (Å²) in [6, 6.07) is 0.220. The summed E-state index contributed by atoms with van der Waals surface area (Å²) in [5.74, 6) is 0.745. The van der Waals surface area contributed by atoms with Gasteiger partial charge < -0.3 is 9.64 Å². The summed E-state index contributed by atoms with van der Waals surface area (Å²) in [5, 5.41) is 0. The molecule has 1 amide bonds. The first-order valence-electron chi connectivity index (χ1n) is 5.93. The van der Waals surface area contributed by atoms with Gasteiger partial charge in [-0.2, -0.15) is 11.8 Å². The Bertz CT molecular complexity index is 246. The number of rotatable bonds is 8. The van der Waals surface area contributed by atoms with Crippen molar-refractivity contribution in [3.63, 3.8) is 0 Å². The van der Waals surface area contributed by atoms with Crippen LogP contribution in [0.2, 0.25) is 0 Å². The number of amides is 1. The second-order valence-corrected chi connectivity index (χ2v) is 4.93. The molecule has 0 aliphatic carbocycles. The molecule has 17 heavy (non-hydrogen) atoms. The lowest BCUT2D eigenvalue weighted by Crippen LogP contribution is -2.35. The summed E-state index contributed by atoms with van der Waals surface area (Å²) < 4.78 is 4.78. The highest BCUT2D eigenvalue weighted by Crippen LogP contribution is 2.08. The van der Waals surface area contributed by atoms with Crippen LogP contribution in [0.4, 0.5) is 0 Å². The van der Waals surface area contributed by atoms with Crippen molar-refractivity contribution in [3.8, 4) is 0 Å². The van der Waals surface area contributed by atoms with Crippen molar-refractivity contribution in [2.45, 2.75) is 39.2 Å². The largest absolute Gasteiger partial charge is 0.466 e. The molecule has 0 radical (unpaired) electrons. The minimum absolute atomic E-state index is 0.00616. The van der Waals surface area contributed by atoms with E-state index in [1.165, 1.54) is 0 Å². The number of carbonyl (C=O) groups excluding carboxylic acids is 2. The molecule has 0 saturated carbocycles. The fraction of sp³-hybridized carbons (Fsp3) is 0.833. The molecule has 0 saturated heterocycles. The summed E-state index contributed by atoms with van der Waals surface area (Å²) in [7, 11) is 1.79. The molecule has 0 aromatic rings. The zero-order chi connectivity index (χ0) is 13.3. The minimum Gasteiger partial charge on any atom is -0.466 e. The van der Waals surface area contributed by atoms with E-state index >= 15 is 0 Å². The predicted octanol–water partition coefficient (Wildman–Crippen LogP) is 1.93. The highest BCUT2D eigenvalue weighted by molar-refractivity contribution is 7.98. The Kier molecular flexibility index (Phi) is 8.94. The number of ether oxygens (including phenoxy) is 1. The van der Waals surface area contributed by atoms with Crippen LogP contribution in [0.3, 0.4) is 0 Å². The van der Waals surface area contributed by atoms with E-state index in [0.717, 1.165) is 12.2 Å². The Hall–Kier alpha value is -0.710. The fourth-order valence-corrected chi connectivity index (χ4v) is 1.92. The Balaban J connectivity index is 3.92. The maximum Gasteiger partial charge on any atom is 0.306 e. The summed E-state index contributed by atoms with van der Waals surface area (Å²) in [6.07, 6.45) is 3.43. The Morgan fingerprint density at radius 3 is 2.53 bits per heavy atom. The highest BCUT2D eigenvalue weighted by atomic mass is 32.2. The smallest absolute Gasteiger partial charge is 0.306 e. The molecule has 0 aromatic carbocycles. The highest BCUT2D eigenvalue weighted by Gasteiger charge is 2.16. The van der Waals surface area contributed by atoms with Crippen LogP contribution in [0.5, 0.6) is 0 Å². The molecular weight excluding hydrogens is 238 g/mol. The molecule has 4 nitrogen and oxygen atoms in total. The van der Waals surface area contributed by atoms with E-state index in [2.05, 4.69) is 6.26 Å². The number of esters is 1. The molecule has 100 valence electrons. The van der Waals surface area contributed by atoms with Crippen molar-refractivity contribution in [1.82, 2.24) is 4.90 Å². The van der Waals surface area contributed by atoms with E-state index in [9.17, 15) is 9.59 Å². The monoisotopic (exact) mass is 261 g/mol. The molecule has 0 aliphatic rings. The van der Waals surface area contributed by atoms with Crippen molar-refractivity contribution in [3.05, 3.63) is 0 Å². The van der Waals surface area contributed by atoms with Crippen molar-refractivity contribution in [2.24, 2.45) is 0 Å². The van der Waals surface area contributed by atoms with Gasteiger partial charge in [0.15, 0.2) is 0 Å². The minimum atomic E-state index is -0.300. The Morgan fingerprint density at radius 2 is 2.00 bits per heavy atom. The lowest BCUT2D eigenvalue weighted by molar-refractivity contribution is -0.145. The average molecular weight is 261 g/mol. The molecule has 1 unspecified atom stereocenters. The SMILES string of the molecule is CCOC(=O)CCC(=O)N(C)C(C)CCSC. The second kappa shape index (κ2) is 9.33. The topological polar surface area (TPSA) is 46.6 Å². The third-order valence-corrected chi connectivity index (χ3v) is 3.29. The number of thioether (sulfide) groups is 1. The quantitative estimate of drug-likeness (QED) is 0.626. The average Bonchev–Trinajstić information content (AvgIpc) is 2.32. The van der Waals surface area contributed by atoms with Gasteiger partial charge in [0.1, 0.15) is 0 Å². The van der Waals surface area contributed by atoms with Crippen molar-refractivity contribution in [2.75, 3.05) is 25.7 Å². The Morgan fingerprint density at radius 1 is 1.35 bits per heavy atom. The molecule has 0 spiro atoms. The molecule has 0 bridgehead atoms. The fourth-order valence-electron chi connectivity index (χ4n) is 1.35. The van der Waals surface area contributed by atoms with Gasteiger partial charge in [-0.15, -0.1) is 0 Å². The first-order valence-corrected chi connectivity index (χ1v) is 7.32. The molecule has 0 fully saturated rings. The van der Waals surface area contributed by atoms with Crippen LogP contribution in [-0.4, -0.2) is 48.5 Å². The van der Waals surface area contributed by atoms with Crippen LogP contribution in [0.15, 0.2) is 0 Å². The number of hydrogen-bond acceptors (Lipinski definition) is 4. The van der Waals surface area contributed by atoms with Gasteiger partial charge in [0.05, 0.1) is 13.0 Å². The van der Waals surface area contributed by atoms with Gasteiger partial charge in [0.2, 0.25) is 5.91 Å². The first kappa shape index (κ1) is 16.3. The molecule has 0 aromatic heterocycles. The third kappa shape index (κ3) is 7.26. The maximum atomic E-state index is 11.8. The van der Waals surface area contributed by atoms with Crippen LogP contribution in [0.1, 0.15) is 33.1 Å². The van der Waals surface area contributed by atoms with Gasteiger partial charge in [0, 0.05) is 19.5 Å². The van der Waals surface area contributed by atoms with Crippen LogP contribution in [0, 0.1) is 0 Å². The molecule has 0 aliphatic heterocycles. The first-order chi connectivity index (χ1) is 8.02. The zero-order valence-corrected chi connectivity index (χ0v) is 12.0. The molecular formula is C12H23NO3S. The van der Waals surface area contributed by atoms with Gasteiger partial charge in [-0.3, -0.25) is 9.59 Å². The zero-order valence-electron chi connectivity index (χ0n) is 11.2. The van der Waals surface area contributed by atoms with Crippen LogP contribution >= 0.6 is 11.8 Å². The van der Waals surface area contributed by atoms with Crippen molar-refractivity contribution < 1.29 is 14.3 Å². The summed E-state index contributed by atoms with van der Waals surface area (Å²) in [4.78, 5) is 24.6. The van der Waals surface area contributed by atoms with Crippen molar-refractivity contribution >= 4 is 23.6 Å². The van der Waals surface area contributed by atoms with Gasteiger partial charge in [-0.1, -0.05) is 0 Å². The summed E-state index contributed by atoms with van der Waals surface area (Å²) >= 11 is 1.77. The summed E-state index contributed by atoms with van der Waals surface area (Å²) in [6.45, 7) is 4.15. The number of hydrogen-bond donors (Lipinski definition) is 0. The second-order valence-electron chi connectivity index (χ2n) is 3.94. The van der Waals surface area contributed by atoms with Crippen molar-refractivity contribution in [1.29, 1.82) is 0 Å². The molecule has 0 heterocycles. The van der Waals surface area contributed by atoms with E-state index in [-0.39, 0.29) is 30.8 Å². The van der Waals surface area contributed by atoms with Gasteiger partial charge >= 0.3 is 5.97 Å². The molecule has 0 rings (SSSR count). The normalized spacial score (nSPS) is 12.0. The number of nitrogens with zero attached hydrogens (tertiary/aromatic N) is 1. The van der Waals surface area contributed by atoms with Crippen LogP contribution in [-0.2, 0) is 14.3 Å².